The first-order valence-corrected chi connectivity index (χ1v) is 8.62. The van der Waals surface area contributed by atoms with E-state index in [1.807, 2.05) is 18.2 Å². The van der Waals surface area contributed by atoms with Gasteiger partial charge >= 0.3 is 0 Å². The lowest BCUT2D eigenvalue weighted by Crippen LogP contribution is -2.47. The summed E-state index contributed by atoms with van der Waals surface area (Å²) in [6.07, 6.45) is 2.60. The van der Waals surface area contributed by atoms with E-state index in [1.165, 1.54) is 30.0 Å². The van der Waals surface area contributed by atoms with Crippen LogP contribution in [0.1, 0.15) is 29.2 Å². The number of ether oxygens (including phenoxy) is 1. The monoisotopic (exact) mass is 351 g/mol. The van der Waals surface area contributed by atoms with E-state index in [2.05, 4.69) is 6.07 Å². The molecule has 4 nitrogen and oxygen atoms in total. The highest BCUT2D eigenvalue weighted by molar-refractivity contribution is 5.95. The Balaban J connectivity index is 1.73. The molecule has 0 saturated carbocycles. The molecule has 5 heteroatoms. The summed E-state index contributed by atoms with van der Waals surface area (Å²) >= 11 is 0. The Hall–Kier alpha value is -2.95. The summed E-state index contributed by atoms with van der Waals surface area (Å²) in [6.45, 7) is 0.523. The van der Waals surface area contributed by atoms with Crippen molar-refractivity contribution in [2.24, 2.45) is 0 Å². The van der Waals surface area contributed by atoms with Crippen LogP contribution in [0, 0.1) is 5.82 Å². The van der Waals surface area contributed by atoms with E-state index in [-0.39, 0.29) is 30.0 Å². The smallest absolute Gasteiger partial charge is 0.264 e. The van der Waals surface area contributed by atoms with E-state index < -0.39 is 6.10 Å². The maximum absolute atomic E-state index is 13.4. The fourth-order valence-electron chi connectivity index (χ4n) is 3.65. The van der Waals surface area contributed by atoms with Crippen molar-refractivity contribution in [3.05, 3.63) is 83.4 Å². The average Bonchev–Trinajstić information content (AvgIpc) is 2.67. The Labute approximate surface area is 150 Å². The second kappa shape index (κ2) is 6.75. The third-order valence-electron chi connectivity index (χ3n) is 4.91. The zero-order chi connectivity index (χ0) is 18.1. The maximum atomic E-state index is 13.4. The third-order valence-corrected chi connectivity index (χ3v) is 4.91. The summed E-state index contributed by atoms with van der Waals surface area (Å²) < 4.78 is 18.8. The van der Waals surface area contributed by atoms with Crippen molar-refractivity contribution in [3.8, 4) is 0 Å². The van der Waals surface area contributed by atoms with Crippen LogP contribution < -0.4 is 0 Å². The van der Waals surface area contributed by atoms with E-state index in [4.69, 9.17) is 4.74 Å². The number of carbonyl (C=O) groups is 2. The van der Waals surface area contributed by atoms with Crippen LogP contribution in [0.5, 0.6) is 0 Å². The number of carbonyl (C=O) groups excluding carboxylic acids is 2. The van der Waals surface area contributed by atoms with Crippen LogP contribution in [0.4, 0.5) is 4.39 Å². The summed E-state index contributed by atoms with van der Waals surface area (Å²) in [4.78, 5) is 26.5. The lowest BCUT2D eigenvalue weighted by atomic mass is 9.87. The Morgan fingerprint density at radius 3 is 2.65 bits per heavy atom. The molecule has 132 valence electrons. The summed E-state index contributed by atoms with van der Waals surface area (Å²) in [6, 6.07) is 13.9. The Bertz CT molecular complexity index is 875. The van der Waals surface area contributed by atoms with Crippen LogP contribution in [0.2, 0.25) is 0 Å². The minimum Gasteiger partial charge on any atom is -0.488 e. The molecule has 1 amide bonds. The Morgan fingerprint density at radius 2 is 1.88 bits per heavy atom. The largest absolute Gasteiger partial charge is 0.488 e. The van der Waals surface area contributed by atoms with Gasteiger partial charge in [0, 0.05) is 12.6 Å². The summed E-state index contributed by atoms with van der Waals surface area (Å²) in [5, 5.41) is 0. The fraction of sp³-hybridized carbons (Fsp3) is 0.238. The van der Waals surface area contributed by atoms with Crippen LogP contribution in [0.15, 0.2) is 60.9 Å². The van der Waals surface area contributed by atoms with Crippen molar-refractivity contribution in [2.75, 3.05) is 6.54 Å². The van der Waals surface area contributed by atoms with Gasteiger partial charge in [-0.15, -0.1) is 0 Å². The molecule has 2 aromatic carbocycles. The van der Waals surface area contributed by atoms with Gasteiger partial charge in [-0.25, -0.2) is 4.39 Å². The number of rotatable bonds is 2. The number of nitrogens with zero attached hydrogens (tertiary/aromatic N) is 1. The normalized spacial score (nSPS) is 21.9. The molecular formula is C21H18FNO3. The van der Waals surface area contributed by atoms with Gasteiger partial charge in [0.15, 0.2) is 11.9 Å². The van der Waals surface area contributed by atoms with Gasteiger partial charge in [-0.3, -0.25) is 9.59 Å². The summed E-state index contributed by atoms with van der Waals surface area (Å²) in [5.74, 6) is -0.654. The lowest BCUT2D eigenvalue weighted by Gasteiger charge is -2.39. The maximum Gasteiger partial charge on any atom is 0.264 e. The summed E-state index contributed by atoms with van der Waals surface area (Å²) in [5.41, 5.74) is 3.03. The molecule has 0 unspecified atom stereocenters. The first kappa shape index (κ1) is 16.5. The van der Waals surface area contributed by atoms with E-state index in [9.17, 15) is 14.0 Å². The number of allylic oxidation sites excluding steroid dienone is 1. The molecule has 4 rings (SSSR count). The zero-order valence-electron chi connectivity index (χ0n) is 14.1. The van der Waals surface area contributed by atoms with Crippen LogP contribution in [0.3, 0.4) is 0 Å². The van der Waals surface area contributed by atoms with E-state index in [0.717, 1.165) is 17.5 Å². The Kier molecular flexibility index (Phi) is 4.29. The molecule has 2 aliphatic rings. The number of halogens is 1. The van der Waals surface area contributed by atoms with Gasteiger partial charge in [0.1, 0.15) is 5.82 Å². The van der Waals surface area contributed by atoms with E-state index >= 15 is 0 Å². The lowest BCUT2D eigenvalue weighted by molar-refractivity contribution is -0.145. The van der Waals surface area contributed by atoms with Gasteiger partial charge < -0.3 is 9.64 Å². The second-order valence-corrected chi connectivity index (χ2v) is 6.53. The van der Waals surface area contributed by atoms with Crippen LogP contribution in [-0.2, 0) is 20.7 Å². The predicted octanol–water partition coefficient (Wildman–Crippen LogP) is 3.17. The quantitative estimate of drug-likeness (QED) is 0.835. The average molecular weight is 351 g/mol. The SMILES string of the molecule is O=C1C=CO[C@H](C(=O)N2CCc3ccccc3[C@@H]2c2ccc(F)cc2)C1. The molecule has 2 aliphatic heterocycles. The molecular weight excluding hydrogens is 333 g/mol. The van der Waals surface area contributed by atoms with Gasteiger partial charge in [0.25, 0.3) is 5.91 Å². The highest BCUT2D eigenvalue weighted by atomic mass is 19.1. The molecule has 2 aromatic rings. The molecule has 0 saturated heterocycles. The fourth-order valence-corrected chi connectivity index (χ4v) is 3.65. The van der Waals surface area contributed by atoms with Crippen LogP contribution in [0.25, 0.3) is 0 Å². The molecule has 0 bridgehead atoms. The molecule has 0 N–H and O–H groups in total. The topological polar surface area (TPSA) is 46.6 Å². The van der Waals surface area contributed by atoms with Crippen LogP contribution in [-0.4, -0.2) is 29.2 Å². The van der Waals surface area contributed by atoms with Crippen molar-refractivity contribution in [1.29, 1.82) is 0 Å². The minimum atomic E-state index is -0.805. The third kappa shape index (κ3) is 3.01. The first-order valence-electron chi connectivity index (χ1n) is 8.62. The summed E-state index contributed by atoms with van der Waals surface area (Å²) in [7, 11) is 0. The Morgan fingerprint density at radius 1 is 1.12 bits per heavy atom. The van der Waals surface area contributed by atoms with E-state index in [1.54, 1.807) is 17.0 Å². The number of fused-ring (bicyclic) bond motifs is 1. The van der Waals surface area contributed by atoms with Crippen LogP contribution >= 0.6 is 0 Å². The van der Waals surface area contributed by atoms with Gasteiger partial charge in [-0.05, 0) is 35.2 Å². The standard InChI is InChI=1S/C21H18FNO3/c22-16-7-5-15(6-8-16)20-18-4-2-1-3-14(18)9-11-23(20)21(25)19-13-17(24)10-12-26-19/h1-8,10,12,19-20H,9,11,13H2/t19-,20-/m0/s1. The molecule has 2 atom stereocenters. The van der Waals surface area contributed by atoms with Gasteiger partial charge in [-0.2, -0.15) is 0 Å². The van der Waals surface area contributed by atoms with Gasteiger partial charge in [0.2, 0.25) is 0 Å². The highest BCUT2D eigenvalue weighted by Crippen LogP contribution is 2.36. The van der Waals surface area contributed by atoms with Crippen molar-refractivity contribution in [1.82, 2.24) is 4.90 Å². The first-order chi connectivity index (χ1) is 12.6. The molecule has 2 heterocycles. The number of hydrogen-bond acceptors (Lipinski definition) is 3. The predicted molar refractivity (Wildman–Crippen MR) is 93.7 cm³/mol. The van der Waals surface area contributed by atoms with Gasteiger partial charge in [-0.1, -0.05) is 36.4 Å². The number of hydrogen-bond donors (Lipinski definition) is 0. The molecule has 0 fully saturated rings. The molecule has 0 radical (unpaired) electrons. The van der Waals surface area contributed by atoms with Crippen molar-refractivity contribution in [3.63, 3.8) is 0 Å². The highest BCUT2D eigenvalue weighted by Gasteiger charge is 2.37. The van der Waals surface area contributed by atoms with Crippen molar-refractivity contribution < 1.29 is 18.7 Å². The van der Waals surface area contributed by atoms with Crippen molar-refractivity contribution in [2.45, 2.75) is 25.0 Å². The zero-order valence-corrected chi connectivity index (χ0v) is 14.1. The van der Waals surface area contributed by atoms with E-state index in [0.29, 0.717) is 6.54 Å². The number of amides is 1. The molecule has 0 aliphatic carbocycles. The molecule has 0 spiro atoms. The second-order valence-electron chi connectivity index (χ2n) is 6.53. The minimum absolute atomic E-state index is 0.0453. The molecule has 26 heavy (non-hydrogen) atoms. The van der Waals surface area contributed by atoms with Crippen molar-refractivity contribution >= 4 is 11.7 Å². The number of ketones is 1. The number of benzene rings is 2. The van der Waals surface area contributed by atoms with Gasteiger partial charge in [0.05, 0.1) is 18.7 Å². The molecule has 0 aromatic heterocycles.